The van der Waals surface area contributed by atoms with Crippen LogP contribution in [0.25, 0.3) is 0 Å². The minimum Gasteiger partial charge on any atom is -0.444 e. The predicted octanol–water partition coefficient (Wildman–Crippen LogP) is 4.13. The molecule has 2 N–H and O–H groups in total. The molecule has 0 bridgehead atoms. The Morgan fingerprint density at radius 3 is 2.36 bits per heavy atom. The van der Waals surface area contributed by atoms with Gasteiger partial charge in [0.2, 0.25) is 0 Å². The van der Waals surface area contributed by atoms with Gasteiger partial charge in [0, 0.05) is 0 Å². The SMILES string of the molecule is CC(C)C[C@H](NC(=O)OC(C)(C)C)C(=O)NS(=O)c1cc(Cl)sc1Cl. The second-order valence-electron chi connectivity index (χ2n) is 6.75. The van der Waals surface area contributed by atoms with Crippen molar-refractivity contribution in [1.29, 1.82) is 0 Å². The summed E-state index contributed by atoms with van der Waals surface area (Å²) in [5.41, 5.74) is -0.688. The number of rotatable bonds is 6. The molecule has 0 aliphatic rings. The third kappa shape index (κ3) is 7.94. The molecule has 1 rings (SSSR count). The van der Waals surface area contributed by atoms with E-state index in [4.69, 9.17) is 27.9 Å². The summed E-state index contributed by atoms with van der Waals surface area (Å²) in [6.07, 6.45) is -0.351. The molecule has 0 aromatic carbocycles. The standard InChI is InChI=1S/C15H22Cl2N2O4S2/c1-8(2)6-9(18-14(21)23-15(3,4)5)13(20)19-25(22)10-7-11(16)24-12(10)17/h7-9H,6H2,1-5H3,(H,18,21)(H,19,20)/t9-,25?/m0/s1. The van der Waals surface area contributed by atoms with Crippen LogP contribution in [0.3, 0.4) is 0 Å². The maximum atomic E-state index is 12.4. The third-order valence-corrected chi connectivity index (χ3v) is 5.57. The van der Waals surface area contributed by atoms with Crippen molar-refractivity contribution in [3.63, 3.8) is 0 Å². The van der Waals surface area contributed by atoms with Crippen molar-refractivity contribution in [1.82, 2.24) is 10.0 Å². The van der Waals surface area contributed by atoms with Crippen molar-refractivity contribution < 1.29 is 18.5 Å². The van der Waals surface area contributed by atoms with E-state index >= 15 is 0 Å². The van der Waals surface area contributed by atoms with Crippen molar-refractivity contribution in [3.8, 4) is 0 Å². The number of hydrogen-bond donors (Lipinski definition) is 2. The van der Waals surface area contributed by atoms with Crippen LogP contribution in [0.2, 0.25) is 8.67 Å². The molecular formula is C15H22Cl2N2O4S2. The second kappa shape index (κ2) is 9.21. The van der Waals surface area contributed by atoms with Crippen molar-refractivity contribution >= 4 is 57.5 Å². The lowest BCUT2D eigenvalue weighted by atomic mass is 10.0. The second-order valence-corrected chi connectivity index (χ2v) is 10.2. The summed E-state index contributed by atoms with van der Waals surface area (Å²) in [6.45, 7) is 8.98. The Kier molecular flexibility index (Phi) is 8.18. The molecule has 0 saturated carbocycles. The number of nitrogens with one attached hydrogen (secondary N) is 2. The molecule has 0 aliphatic heterocycles. The number of carbonyl (C=O) groups excluding carboxylic acids is 2. The highest BCUT2D eigenvalue weighted by Gasteiger charge is 2.27. The van der Waals surface area contributed by atoms with Gasteiger partial charge in [-0.2, -0.15) is 0 Å². The van der Waals surface area contributed by atoms with Gasteiger partial charge in [0.05, 0.1) is 9.23 Å². The van der Waals surface area contributed by atoms with Gasteiger partial charge >= 0.3 is 6.09 Å². The maximum absolute atomic E-state index is 12.4. The molecule has 0 fully saturated rings. The van der Waals surface area contributed by atoms with Crippen LogP contribution in [-0.2, 0) is 20.5 Å². The number of ether oxygens (including phenoxy) is 1. The smallest absolute Gasteiger partial charge is 0.408 e. The molecule has 0 spiro atoms. The van der Waals surface area contributed by atoms with Gasteiger partial charge in [-0.05, 0) is 39.2 Å². The van der Waals surface area contributed by atoms with E-state index in [-0.39, 0.29) is 15.1 Å². The highest BCUT2D eigenvalue weighted by atomic mass is 35.5. The van der Waals surface area contributed by atoms with Crippen LogP contribution >= 0.6 is 34.5 Å². The van der Waals surface area contributed by atoms with E-state index in [2.05, 4.69) is 10.0 Å². The molecule has 0 aliphatic carbocycles. The number of alkyl carbamates (subject to hydrolysis) is 1. The van der Waals surface area contributed by atoms with Gasteiger partial charge in [-0.25, -0.2) is 9.00 Å². The number of hydrogen-bond acceptors (Lipinski definition) is 5. The summed E-state index contributed by atoms with van der Waals surface area (Å²) in [7, 11) is -1.87. The maximum Gasteiger partial charge on any atom is 0.408 e. The molecule has 2 amide bonds. The average molecular weight is 429 g/mol. The van der Waals surface area contributed by atoms with Gasteiger partial charge in [0.1, 0.15) is 16.0 Å². The van der Waals surface area contributed by atoms with Crippen molar-refractivity contribution in [3.05, 3.63) is 14.7 Å². The highest BCUT2D eigenvalue weighted by molar-refractivity contribution is 7.84. The minimum absolute atomic E-state index is 0.123. The van der Waals surface area contributed by atoms with Crippen molar-refractivity contribution in [2.45, 2.75) is 57.6 Å². The van der Waals surface area contributed by atoms with E-state index in [0.717, 1.165) is 11.3 Å². The highest BCUT2D eigenvalue weighted by Crippen LogP contribution is 2.32. The van der Waals surface area contributed by atoms with Crippen molar-refractivity contribution in [2.75, 3.05) is 0 Å². The van der Waals surface area contributed by atoms with Crippen LogP contribution in [0.4, 0.5) is 4.79 Å². The zero-order valence-corrected chi connectivity index (χ0v) is 17.8. The van der Waals surface area contributed by atoms with Gasteiger partial charge < -0.3 is 10.1 Å². The number of amides is 2. The zero-order valence-electron chi connectivity index (χ0n) is 14.6. The summed E-state index contributed by atoms with van der Waals surface area (Å²) >= 11 is 12.8. The molecule has 142 valence electrons. The lowest BCUT2D eigenvalue weighted by molar-refractivity contribution is -0.121. The van der Waals surface area contributed by atoms with Crippen LogP contribution in [-0.4, -0.2) is 27.9 Å². The largest absolute Gasteiger partial charge is 0.444 e. The fourth-order valence-electron chi connectivity index (χ4n) is 1.82. The summed E-state index contributed by atoms with van der Waals surface area (Å²) in [5.74, 6) is -0.463. The summed E-state index contributed by atoms with van der Waals surface area (Å²) in [5, 5.41) is 2.52. The molecule has 1 unspecified atom stereocenters. The summed E-state index contributed by atoms with van der Waals surface area (Å²) in [6, 6.07) is 0.552. The molecule has 1 aromatic rings. The van der Waals surface area contributed by atoms with Crippen LogP contribution < -0.4 is 10.0 Å². The molecule has 1 heterocycles. The van der Waals surface area contributed by atoms with Crippen LogP contribution in [0.15, 0.2) is 11.0 Å². The lowest BCUT2D eigenvalue weighted by Crippen LogP contribution is -2.49. The van der Waals surface area contributed by atoms with Gasteiger partial charge in [-0.3, -0.25) is 9.52 Å². The Labute approximate surface area is 164 Å². The van der Waals surface area contributed by atoms with Crippen LogP contribution in [0.5, 0.6) is 0 Å². The van der Waals surface area contributed by atoms with E-state index in [1.54, 1.807) is 20.8 Å². The van der Waals surface area contributed by atoms with Crippen molar-refractivity contribution in [2.24, 2.45) is 5.92 Å². The molecule has 25 heavy (non-hydrogen) atoms. The molecular weight excluding hydrogens is 407 g/mol. The molecule has 2 atom stereocenters. The van der Waals surface area contributed by atoms with Gasteiger partial charge in [-0.1, -0.05) is 37.0 Å². The Bertz CT molecular complexity index is 656. The fourth-order valence-corrected chi connectivity index (χ4v) is 4.60. The summed E-state index contributed by atoms with van der Waals surface area (Å²) < 4.78 is 20.4. The molecule has 6 nitrogen and oxygen atoms in total. The molecule has 10 heteroatoms. The van der Waals surface area contributed by atoms with E-state index in [9.17, 15) is 13.8 Å². The summed E-state index contributed by atoms with van der Waals surface area (Å²) in [4.78, 5) is 24.6. The van der Waals surface area contributed by atoms with Crippen LogP contribution in [0.1, 0.15) is 41.0 Å². The Morgan fingerprint density at radius 2 is 1.92 bits per heavy atom. The first-order valence-electron chi connectivity index (χ1n) is 7.55. The van der Waals surface area contributed by atoms with E-state index < -0.39 is 34.6 Å². The van der Waals surface area contributed by atoms with E-state index in [1.165, 1.54) is 6.07 Å². The van der Waals surface area contributed by atoms with Crippen LogP contribution in [0, 0.1) is 5.92 Å². The van der Waals surface area contributed by atoms with Gasteiger partial charge in [0.25, 0.3) is 5.91 Å². The zero-order chi connectivity index (χ0) is 19.4. The van der Waals surface area contributed by atoms with E-state index in [1.807, 2.05) is 13.8 Å². The number of carbonyl (C=O) groups is 2. The first-order chi connectivity index (χ1) is 11.4. The number of thiophene rings is 1. The van der Waals surface area contributed by atoms with Gasteiger partial charge in [-0.15, -0.1) is 11.3 Å². The Morgan fingerprint density at radius 1 is 1.32 bits per heavy atom. The lowest BCUT2D eigenvalue weighted by Gasteiger charge is -2.24. The van der Waals surface area contributed by atoms with E-state index in [0.29, 0.717) is 10.8 Å². The first-order valence-corrected chi connectivity index (χ1v) is 10.3. The van der Waals surface area contributed by atoms with Gasteiger partial charge in [0.15, 0.2) is 11.0 Å². The predicted molar refractivity (Wildman–Crippen MR) is 102 cm³/mol. The molecule has 0 radical (unpaired) electrons. The Hall–Kier alpha value is -0.830. The Balaban J connectivity index is 2.81. The first kappa shape index (κ1) is 22.2. The number of halogens is 2. The minimum atomic E-state index is -1.87. The third-order valence-electron chi connectivity index (χ3n) is 2.73. The normalized spacial score (nSPS) is 14.1. The topological polar surface area (TPSA) is 84.5 Å². The quantitative estimate of drug-likeness (QED) is 0.712. The average Bonchev–Trinajstić information content (AvgIpc) is 2.74. The fraction of sp³-hybridized carbons (Fsp3) is 0.600. The molecule has 0 saturated heterocycles. The molecule has 1 aromatic heterocycles. The monoisotopic (exact) mass is 428 g/mol.